The van der Waals surface area contributed by atoms with Gasteiger partial charge in [-0.1, -0.05) is 69.2 Å². The minimum atomic E-state index is -0.494. The summed E-state index contributed by atoms with van der Waals surface area (Å²) in [5, 5.41) is 0. The van der Waals surface area contributed by atoms with Crippen LogP contribution in [0.5, 0.6) is 0 Å². The Labute approximate surface area is 139 Å². The summed E-state index contributed by atoms with van der Waals surface area (Å²) < 4.78 is 26.6. The van der Waals surface area contributed by atoms with Gasteiger partial charge in [-0.05, 0) is 37.0 Å². The highest BCUT2D eigenvalue weighted by atomic mass is 19.1. The van der Waals surface area contributed by atoms with Gasteiger partial charge in [0.05, 0.1) is 0 Å². The molecule has 0 aliphatic heterocycles. The van der Waals surface area contributed by atoms with Gasteiger partial charge in [0.15, 0.2) is 0 Å². The largest absolute Gasteiger partial charge is 0.207 e. The van der Waals surface area contributed by atoms with Gasteiger partial charge in [0.1, 0.15) is 11.6 Å². The molecule has 0 nitrogen and oxygen atoms in total. The summed E-state index contributed by atoms with van der Waals surface area (Å²) in [6.07, 6.45) is 17.7. The second-order valence-electron chi connectivity index (χ2n) is 6.55. The molecule has 0 spiro atoms. The number of unbranched alkanes of at least 4 members (excludes halogenated alkanes) is 6. The maximum absolute atomic E-state index is 13.3. The molecule has 0 aromatic heterocycles. The molecule has 2 heteroatoms. The van der Waals surface area contributed by atoms with Gasteiger partial charge in [-0.25, -0.2) is 8.78 Å². The fraction of sp³-hybridized carbons (Fsp3) is 0.524. The molecular weight excluding hydrogens is 290 g/mol. The van der Waals surface area contributed by atoms with Gasteiger partial charge in [0, 0.05) is 12.0 Å². The summed E-state index contributed by atoms with van der Waals surface area (Å²) in [7, 11) is 0. The van der Waals surface area contributed by atoms with E-state index in [-0.39, 0.29) is 5.92 Å². The molecule has 126 valence electrons. The molecule has 1 aromatic carbocycles. The van der Waals surface area contributed by atoms with Crippen LogP contribution in [0.3, 0.4) is 0 Å². The van der Waals surface area contributed by atoms with E-state index < -0.39 is 11.6 Å². The Balaban J connectivity index is 1.71. The SMILES string of the molecule is CCCCCCCCCC1=CCC(c2cc(F)cc(F)c2)C=C1. The molecule has 0 heterocycles. The minimum Gasteiger partial charge on any atom is -0.207 e. The number of halogens is 2. The molecule has 1 aromatic rings. The van der Waals surface area contributed by atoms with E-state index in [1.807, 2.05) is 0 Å². The number of benzene rings is 1. The van der Waals surface area contributed by atoms with Crippen molar-refractivity contribution in [2.75, 3.05) is 0 Å². The molecule has 0 fully saturated rings. The lowest BCUT2D eigenvalue weighted by Crippen LogP contribution is -2.00. The summed E-state index contributed by atoms with van der Waals surface area (Å²) in [6.45, 7) is 2.24. The van der Waals surface area contributed by atoms with Crippen LogP contribution in [0.1, 0.15) is 76.2 Å². The lowest BCUT2D eigenvalue weighted by molar-refractivity contribution is 0.577. The first-order chi connectivity index (χ1) is 11.2. The van der Waals surface area contributed by atoms with Crippen molar-refractivity contribution in [2.45, 2.75) is 70.6 Å². The molecule has 23 heavy (non-hydrogen) atoms. The fourth-order valence-corrected chi connectivity index (χ4v) is 3.17. The Hall–Kier alpha value is -1.44. The van der Waals surface area contributed by atoms with Crippen LogP contribution in [0.25, 0.3) is 0 Å². The molecule has 1 aliphatic carbocycles. The third-order valence-corrected chi connectivity index (χ3v) is 4.56. The summed E-state index contributed by atoms with van der Waals surface area (Å²) in [4.78, 5) is 0. The van der Waals surface area contributed by atoms with E-state index in [0.29, 0.717) is 0 Å². The third kappa shape index (κ3) is 6.29. The van der Waals surface area contributed by atoms with Gasteiger partial charge in [-0.15, -0.1) is 0 Å². The van der Waals surface area contributed by atoms with E-state index in [2.05, 4.69) is 25.2 Å². The number of rotatable bonds is 9. The Kier molecular flexibility index (Phi) is 7.51. The van der Waals surface area contributed by atoms with Gasteiger partial charge in [0.25, 0.3) is 0 Å². The van der Waals surface area contributed by atoms with Crippen molar-refractivity contribution in [3.8, 4) is 0 Å². The second kappa shape index (κ2) is 9.64. The molecular formula is C21H28F2. The fourth-order valence-electron chi connectivity index (χ4n) is 3.17. The van der Waals surface area contributed by atoms with Gasteiger partial charge in [-0.2, -0.15) is 0 Å². The zero-order valence-electron chi connectivity index (χ0n) is 14.2. The summed E-state index contributed by atoms with van der Waals surface area (Å²) >= 11 is 0. The van der Waals surface area contributed by atoms with Gasteiger partial charge < -0.3 is 0 Å². The number of hydrogen-bond acceptors (Lipinski definition) is 0. The second-order valence-corrected chi connectivity index (χ2v) is 6.55. The van der Waals surface area contributed by atoms with Crippen LogP contribution in [-0.2, 0) is 0 Å². The summed E-state index contributed by atoms with van der Waals surface area (Å²) in [5.74, 6) is -0.893. The molecule has 0 amide bonds. The normalized spacial score (nSPS) is 17.3. The van der Waals surface area contributed by atoms with Gasteiger partial charge in [-0.3, -0.25) is 0 Å². The monoisotopic (exact) mass is 318 g/mol. The minimum absolute atomic E-state index is 0.0954. The van der Waals surface area contributed by atoms with Crippen molar-refractivity contribution in [3.05, 3.63) is 59.2 Å². The lowest BCUT2D eigenvalue weighted by Gasteiger charge is -2.17. The molecule has 2 rings (SSSR count). The molecule has 0 radical (unpaired) electrons. The average molecular weight is 318 g/mol. The van der Waals surface area contributed by atoms with E-state index >= 15 is 0 Å². The highest BCUT2D eigenvalue weighted by Crippen LogP contribution is 2.29. The zero-order valence-corrected chi connectivity index (χ0v) is 14.2. The first-order valence-corrected chi connectivity index (χ1v) is 9.02. The molecule has 1 aliphatic rings. The van der Waals surface area contributed by atoms with Crippen molar-refractivity contribution in [3.63, 3.8) is 0 Å². The van der Waals surface area contributed by atoms with Crippen LogP contribution < -0.4 is 0 Å². The highest BCUT2D eigenvalue weighted by molar-refractivity contribution is 5.33. The zero-order chi connectivity index (χ0) is 16.5. The van der Waals surface area contributed by atoms with Crippen LogP contribution in [0.2, 0.25) is 0 Å². The third-order valence-electron chi connectivity index (χ3n) is 4.56. The Bertz CT molecular complexity index is 523. The van der Waals surface area contributed by atoms with Crippen LogP contribution >= 0.6 is 0 Å². The predicted octanol–water partition coefficient (Wildman–Crippen LogP) is 7.08. The molecule has 1 atom stereocenters. The summed E-state index contributed by atoms with van der Waals surface area (Å²) in [5.41, 5.74) is 2.09. The Morgan fingerprint density at radius 3 is 2.17 bits per heavy atom. The van der Waals surface area contributed by atoms with E-state index in [1.54, 1.807) is 0 Å². The highest BCUT2D eigenvalue weighted by Gasteiger charge is 2.13. The quantitative estimate of drug-likeness (QED) is 0.427. The lowest BCUT2D eigenvalue weighted by atomic mass is 9.88. The van der Waals surface area contributed by atoms with E-state index in [1.165, 1.54) is 62.7 Å². The molecule has 0 N–H and O–H groups in total. The predicted molar refractivity (Wildman–Crippen MR) is 93.5 cm³/mol. The van der Waals surface area contributed by atoms with Gasteiger partial charge in [0.2, 0.25) is 0 Å². The first-order valence-electron chi connectivity index (χ1n) is 9.02. The Morgan fingerprint density at radius 2 is 1.57 bits per heavy atom. The van der Waals surface area contributed by atoms with E-state index in [0.717, 1.165) is 24.5 Å². The molecule has 1 unspecified atom stereocenters. The van der Waals surface area contributed by atoms with E-state index in [9.17, 15) is 8.78 Å². The van der Waals surface area contributed by atoms with Crippen molar-refractivity contribution in [1.82, 2.24) is 0 Å². The van der Waals surface area contributed by atoms with Crippen molar-refractivity contribution in [2.24, 2.45) is 0 Å². The summed E-state index contributed by atoms with van der Waals surface area (Å²) in [6, 6.07) is 3.80. The maximum atomic E-state index is 13.3. The average Bonchev–Trinajstić information content (AvgIpc) is 2.54. The standard InChI is InChI=1S/C21H28F2/c1-2-3-4-5-6-7-8-9-17-10-12-18(13-11-17)19-14-20(22)16-21(23)15-19/h10-12,14-16,18H,2-9,13H2,1H3. The first kappa shape index (κ1) is 17.9. The van der Waals surface area contributed by atoms with Crippen LogP contribution in [0, 0.1) is 11.6 Å². The topological polar surface area (TPSA) is 0 Å². The number of allylic oxidation sites excluding steroid dienone is 4. The van der Waals surface area contributed by atoms with Crippen LogP contribution in [0.4, 0.5) is 8.78 Å². The van der Waals surface area contributed by atoms with Crippen LogP contribution in [-0.4, -0.2) is 0 Å². The van der Waals surface area contributed by atoms with Crippen molar-refractivity contribution < 1.29 is 8.78 Å². The molecule has 0 saturated carbocycles. The van der Waals surface area contributed by atoms with Crippen LogP contribution in [0.15, 0.2) is 42.0 Å². The number of hydrogen-bond donors (Lipinski definition) is 0. The smallest absolute Gasteiger partial charge is 0.126 e. The van der Waals surface area contributed by atoms with Crippen molar-refractivity contribution >= 4 is 0 Å². The van der Waals surface area contributed by atoms with Gasteiger partial charge >= 0.3 is 0 Å². The molecule has 0 saturated heterocycles. The Morgan fingerprint density at radius 1 is 0.913 bits per heavy atom. The van der Waals surface area contributed by atoms with E-state index in [4.69, 9.17) is 0 Å². The van der Waals surface area contributed by atoms with Crippen molar-refractivity contribution in [1.29, 1.82) is 0 Å². The maximum Gasteiger partial charge on any atom is 0.126 e. The molecule has 0 bridgehead atoms.